The fourth-order valence-electron chi connectivity index (χ4n) is 3.49. The molecule has 0 saturated carbocycles. The lowest BCUT2D eigenvalue weighted by Gasteiger charge is -2.07. The first-order valence-electron chi connectivity index (χ1n) is 9.54. The fourth-order valence-corrected chi connectivity index (χ4v) is 3.62. The van der Waals surface area contributed by atoms with E-state index < -0.39 is 6.43 Å². The molecule has 4 rings (SSSR count). The number of aromatic amines is 1. The van der Waals surface area contributed by atoms with Gasteiger partial charge < -0.3 is 20.6 Å². The summed E-state index contributed by atoms with van der Waals surface area (Å²) in [5.74, 6) is 0.749. The van der Waals surface area contributed by atoms with Crippen LogP contribution in [0.5, 0.6) is 0 Å². The first kappa shape index (κ1) is 20.0. The summed E-state index contributed by atoms with van der Waals surface area (Å²) in [4.78, 5) is 7.37. The van der Waals surface area contributed by atoms with Gasteiger partial charge in [-0.3, -0.25) is 0 Å². The molecule has 0 radical (unpaired) electrons. The van der Waals surface area contributed by atoms with Crippen LogP contribution < -0.4 is 11.1 Å². The molecule has 30 heavy (non-hydrogen) atoms. The summed E-state index contributed by atoms with van der Waals surface area (Å²) in [6.07, 6.45) is 2.75. The van der Waals surface area contributed by atoms with Gasteiger partial charge in [-0.2, -0.15) is 0 Å². The van der Waals surface area contributed by atoms with Gasteiger partial charge in [0.15, 0.2) is 0 Å². The summed E-state index contributed by atoms with van der Waals surface area (Å²) in [5, 5.41) is 4.23. The van der Waals surface area contributed by atoms with E-state index in [1.807, 2.05) is 53.2 Å². The van der Waals surface area contributed by atoms with E-state index in [1.54, 1.807) is 12.5 Å². The molecule has 2 aromatic carbocycles. The van der Waals surface area contributed by atoms with Crippen LogP contribution in [0.2, 0.25) is 0 Å². The second kappa shape index (κ2) is 8.62. The molecule has 0 aliphatic heterocycles. The highest BCUT2D eigenvalue weighted by atomic mass is 32.1. The molecule has 2 heterocycles. The van der Waals surface area contributed by atoms with Crippen LogP contribution in [0, 0.1) is 0 Å². The summed E-state index contributed by atoms with van der Waals surface area (Å²) in [5.41, 5.74) is 10.4. The molecule has 0 aliphatic carbocycles. The third-order valence-corrected chi connectivity index (χ3v) is 5.20. The Hall–Kier alpha value is -3.26. The van der Waals surface area contributed by atoms with E-state index in [4.69, 9.17) is 18.0 Å². The van der Waals surface area contributed by atoms with E-state index >= 15 is 0 Å². The van der Waals surface area contributed by atoms with Crippen molar-refractivity contribution in [3.8, 4) is 11.1 Å². The molecule has 5 nitrogen and oxygen atoms in total. The maximum Gasteiger partial charge on any atom is 0.240 e. The zero-order valence-corrected chi connectivity index (χ0v) is 16.9. The monoisotopic (exact) mass is 425 g/mol. The second-order valence-electron chi connectivity index (χ2n) is 7.02. The number of hydrogen-bond acceptors (Lipinski definition) is 3. The molecule has 0 atom stereocenters. The van der Waals surface area contributed by atoms with Crippen LogP contribution in [0.4, 0.5) is 14.6 Å². The number of nitrogens with zero attached hydrogens (tertiary/aromatic N) is 2. The molecule has 0 fully saturated rings. The standard InChI is InChI=1S/C22H21F2N5S/c23-20(24)6-7-29-12-18(15-2-1-3-16(9-15)22(25)30)17-5-4-14(8-19(17)29)10-27-21-11-26-13-28-21/h1-5,8-9,11-13,20,27H,6-7,10H2,(H2,25,30)(H,26,28). The lowest BCUT2D eigenvalue weighted by molar-refractivity contribution is 0.132. The Kier molecular flexibility index (Phi) is 5.76. The Bertz CT molecular complexity index is 1170. The molecule has 8 heteroatoms. The van der Waals surface area contributed by atoms with Crippen LogP contribution in [0.15, 0.2) is 61.2 Å². The van der Waals surface area contributed by atoms with Gasteiger partial charge in [0.2, 0.25) is 6.43 Å². The van der Waals surface area contributed by atoms with Crippen LogP contribution in [-0.4, -0.2) is 25.9 Å². The van der Waals surface area contributed by atoms with Crippen molar-refractivity contribution in [3.05, 3.63) is 72.3 Å². The smallest absolute Gasteiger partial charge is 0.240 e. The molecule has 0 spiro atoms. The molecule has 0 aliphatic rings. The number of benzene rings is 2. The van der Waals surface area contributed by atoms with Crippen molar-refractivity contribution in [3.63, 3.8) is 0 Å². The molecule has 2 aromatic heterocycles. The maximum absolute atomic E-state index is 12.9. The maximum atomic E-state index is 12.9. The average molecular weight is 426 g/mol. The van der Waals surface area contributed by atoms with Gasteiger partial charge in [0, 0.05) is 53.9 Å². The van der Waals surface area contributed by atoms with Crippen LogP contribution in [0.3, 0.4) is 0 Å². The number of rotatable bonds is 8. The Morgan fingerprint density at radius 3 is 2.83 bits per heavy atom. The van der Waals surface area contributed by atoms with Gasteiger partial charge in [0.25, 0.3) is 0 Å². The molecular formula is C22H21F2N5S. The number of aromatic nitrogens is 3. The van der Waals surface area contributed by atoms with E-state index in [0.29, 0.717) is 11.5 Å². The number of H-pyrrole nitrogens is 1. The lowest BCUT2D eigenvalue weighted by atomic mass is 10.0. The van der Waals surface area contributed by atoms with Crippen molar-refractivity contribution in [2.75, 3.05) is 5.32 Å². The third-order valence-electron chi connectivity index (χ3n) is 4.96. The SMILES string of the molecule is NC(=S)c1cccc(-c2cn(CCC(F)F)c3cc(CNc4c[nH]cn4)ccc23)c1. The highest BCUT2D eigenvalue weighted by Gasteiger charge is 2.13. The third kappa shape index (κ3) is 4.33. The number of halogens is 2. The Morgan fingerprint density at radius 1 is 1.23 bits per heavy atom. The van der Waals surface area contributed by atoms with Crippen LogP contribution in [-0.2, 0) is 13.1 Å². The van der Waals surface area contributed by atoms with E-state index in [2.05, 4.69) is 15.3 Å². The minimum Gasteiger partial charge on any atom is -0.389 e. The lowest BCUT2D eigenvalue weighted by Crippen LogP contribution is -2.08. The minimum absolute atomic E-state index is 0.202. The number of imidazole rings is 1. The van der Waals surface area contributed by atoms with Crippen molar-refractivity contribution in [1.29, 1.82) is 0 Å². The molecule has 4 N–H and O–H groups in total. The molecule has 0 amide bonds. The van der Waals surface area contributed by atoms with Crippen molar-refractivity contribution >= 4 is 33.9 Å². The summed E-state index contributed by atoms with van der Waals surface area (Å²) < 4.78 is 27.7. The Labute approximate surface area is 177 Å². The fraction of sp³-hybridized carbons (Fsp3) is 0.182. The van der Waals surface area contributed by atoms with Crippen LogP contribution >= 0.6 is 12.2 Å². The van der Waals surface area contributed by atoms with Gasteiger partial charge in [-0.15, -0.1) is 0 Å². The van der Waals surface area contributed by atoms with Gasteiger partial charge in [-0.25, -0.2) is 13.8 Å². The Balaban J connectivity index is 1.73. The topological polar surface area (TPSA) is 71.7 Å². The molecule has 154 valence electrons. The molecular weight excluding hydrogens is 404 g/mol. The number of nitrogens with two attached hydrogens (primary N) is 1. The summed E-state index contributed by atoms with van der Waals surface area (Å²) in [7, 11) is 0. The predicted octanol–water partition coefficient (Wildman–Crippen LogP) is 4.93. The molecule has 0 bridgehead atoms. The summed E-state index contributed by atoms with van der Waals surface area (Å²) >= 11 is 5.10. The van der Waals surface area contributed by atoms with Crippen molar-refractivity contribution in [2.45, 2.75) is 25.9 Å². The van der Waals surface area contributed by atoms with Crippen molar-refractivity contribution in [2.24, 2.45) is 5.73 Å². The van der Waals surface area contributed by atoms with E-state index in [-0.39, 0.29) is 13.0 Å². The number of nitrogens with one attached hydrogen (secondary N) is 2. The first-order chi connectivity index (χ1) is 14.5. The van der Waals surface area contributed by atoms with Gasteiger partial charge >= 0.3 is 0 Å². The molecule has 0 unspecified atom stereocenters. The normalized spacial score (nSPS) is 11.3. The van der Waals surface area contributed by atoms with E-state index in [0.717, 1.165) is 39.0 Å². The van der Waals surface area contributed by atoms with Gasteiger partial charge in [0.05, 0.1) is 6.33 Å². The van der Waals surface area contributed by atoms with E-state index in [9.17, 15) is 8.78 Å². The molecule has 0 saturated heterocycles. The number of aryl methyl sites for hydroxylation is 1. The quantitative estimate of drug-likeness (QED) is 0.350. The predicted molar refractivity (Wildman–Crippen MR) is 120 cm³/mol. The first-order valence-corrected chi connectivity index (χ1v) is 9.95. The summed E-state index contributed by atoms with van der Waals surface area (Å²) in [6.45, 7) is 0.812. The number of alkyl halides is 2. The zero-order chi connectivity index (χ0) is 21.1. The zero-order valence-electron chi connectivity index (χ0n) is 16.1. The largest absolute Gasteiger partial charge is 0.389 e. The number of anilines is 1. The number of hydrogen-bond donors (Lipinski definition) is 3. The average Bonchev–Trinajstić information content (AvgIpc) is 3.38. The van der Waals surface area contributed by atoms with Gasteiger partial charge in [0.1, 0.15) is 10.8 Å². The second-order valence-corrected chi connectivity index (χ2v) is 7.46. The van der Waals surface area contributed by atoms with E-state index in [1.165, 1.54) is 0 Å². The van der Waals surface area contributed by atoms with Crippen LogP contribution in [0.1, 0.15) is 17.5 Å². The Morgan fingerprint density at radius 2 is 2.10 bits per heavy atom. The van der Waals surface area contributed by atoms with Gasteiger partial charge in [-0.05, 0) is 23.3 Å². The molecule has 4 aromatic rings. The highest BCUT2D eigenvalue weighted by molar-refractivity contribution is 7.80. The summed E-state index contributed by atoms with van der Waals surface area (Å²) in [6, 6.07) is 13.7. The minimum atomic E-state index is -2.35. The van der Waals surface area contributed by atoms with Crippen molar-refractivity contribution in [1.82, 2.24) is 14.5 Å². The number of thiocarbonyl (C=S) groups is 1. The van der Waals surface area contributed by atoms with Crippen LogP contribution in [0.25, 0.3) is 22.0 Å². The number of fused-ring (bicyclic) bond motifs is 1. The van der Waals surface area contributed by atoms with Gasteiger partial charge in [-0.1, -0.05) is 42.5 Å². The van der Waals surface area contributed by atoms with Crippen molar-refractivity contribution < 1.29 is 8.78 Å². The highest BCUT2D eigenvalue weighted by Crippen LogP contribution is 2.32.